The number of anilines is 1. The van der Waals surface area contributed by atoms with Crippen LogP contribution in [-0.2, 0) is 11.2 Å². The summed E-state index contributed by atoms with van der Waals surface area (Å²) in [5.41, 5.74) is 4.62. The van der Waals surface area contributed by atoms with E-state index in [4.69, 9.17) is 4.74 Å². The predicted octanol–water partition coefficient (Wildman–Crippen LogP) is 3.78. The molecule has 1 amide bonds. The molecule has 0 aliphatic rings. The van der Waals surface area contributed by atoms with Crippen molar-refractivity contribution in [1.82, 2.24) is 9.97 Å². The van der Waals surface area contributed by atoms with Crippen molar-refractivity contribution >= 4 is 28.5 Å². The predicted molar refractivity (Wildman–Crippen MR) is 101 cm³/mol. The number of aromatic nitrogens is 2. The molecule has 0 unspecified atom stereocenters. The quantitative estimate of drug-likeness (QED) is 0.701. The van der Waals surface area contributed by atoms with E-state index in [-0.39, 0.29) is 5.91 Å². The van der Waals surface area contributed by atoms with Gasteiger partial charge in [-0.2, -0.15) is 0 Å². The van der Waals surface area contributed by atoms with Gasteiger partial charge in [0.2, 0.25) is 0 Å². The Kier molecular flexibility index (Phi) is 4.75. The number of nitrogens with one attached hydrogen (secondary N) is 2. The summed E-state index contributed by atoms with van der Waals surface area (Å²) in [6.07, 6.45) is 2.32. The van der Waals surface area contributed by atoms with Crippen LogP contribution in [0.4, 0.5) is 5.69 Å². The molecule has 0 saturated carbocycles. The maximum absolute atomic E-state index is 12.8. The summed E-state index contributed by atoms with van der Waals surface area (Å²) in [7, 11) is 1.33. The molecule has 0 aliphatic heterocycles. The van der Waals surface area contributed by atoms with Gasteiger partial charge in [-0.1, -0.05) is 13.0 Å². The van der Waals surface area contributed by atoms with Gasteiger partial charge in [-0.25, -0.2) is 4.79 Å². The minimum absolute atomic E-state index is 0.304. The summed E-state index contributed by atoms with van der Waals surface area (Å²) < 4.78 is 4.84. The molecular weight excluding hydrogens is 330 g/mol. The molecule has 1 aromatic carbocycles. The van der Waals surface area contributed by atoms with E-state index in [1.807, 2.05) is 38.1 Å². The fourth-order valence-corrected chi connectivity index (χ4v) is 3.14. The molecule has 3 aromatic rings. The van der Waals surface area contributed by atoms with E-state index in [2.05, 4.69) is 15.3 Å². The number of methoxy groups -OCH3 is 1. The fourth-order valence-electron chi connectivity index (χ4n) is 3.14. The Hall–Kier alpha value is -3.15. The van der Waals surface area contributed by atoms with Gasteiger partial charge in [-0.05, 0) is 49.6 Å². The number of aromatic amines is 1. The number of rotatable bonds is 4. The third-order valence-corrected chi connectivity index (χ3v) is 4.52. The second-order valence-electron chi connectivity index (χ2n) is 6.11. The second kappa shape index (κ2) is 7.00. The molecular formula is C20H21N3O3. The van der Waals surface area contributed by atoms with E-state index in [0.29, 0.717) is 34.6 Å². The van der Waals surface area contributed by atoms with Gasteiger partial charge in [0.25, 0.3) is 5.91 Å². The van der Waals surface area contributed by atoms with Crippen molar-refractivity contribution in [3.63, 3.8) is 0 Å². The highest BCUT2D eigenvalue weighted by Gasteiger charge is 2.24. The average Bonchev–Trinajstić information content (AvgIpc) is 3.00. The maximum atomic E-state index is 12.8. The van der Waals surface area contributed by atoms with Crippen molar-refractivity contribution in [3.05, 3.63) is 58.5 Å². The number of benzene rings is 1. The molecule has 0 fully saturated rings. The van der Waals surface area contributed by atoms with Gasteiger partial charge in [-0.15, -0.1) is 0 Å². The molecule has 0 bridgehead atoms. The van der Waals surface area contributed by atoms with Crippen molar-refractivity contribution in [2.45, 2.75) is 27.2 Å². The van der Waals surface area contributed by atoms with E-state index in [1.54, 1.807) is 13.1 Å². The number of hydrogen-bond acceptors (Lipinski definition) is 4. The Morgan fingerprint density at radius 3 is 2.69 bits per heavy atom. The van der Waals surface area contributed by atoms with E-state index in [0.717, 1.165) is 16.5 Å². The minimum atomic E-state index is -0.445. The number of aryl methyl sites for hydroxylation is 2. The third-order valence-electron chi connectivity index (χ3n) is 4.52. The van der Waals surface area contributed by atoms with E-state index >= 15 is 0 Å². The Morgan fingerprint density at radius 2 is 2.00 bits per heavy atom. The molecule has 26 heavy (non-hydrogen) atoms. The van der Waals surface area contributed by atoms with Crippen LogP contribution in [0.25, 0.3) is 10.9 Å². The van der Waals surface area contributed by atoms with E-state index in [1.165, 1.54) is 7.11 Å². The molecule has 0 saturated heterocycles. The van der Waals surface area contributed by atoms with Crippen LogP contribution < -0.4 is 5.32 Å². The summed E-state index contributed by atoms with van der Waals surface area (Å²) in [6, 6.07) is 7.53. The zero-order valence-corrected chi connectivity index (χ0v) is 15.3. The number of pyridine rings is 1. The van der Waals surface area contributed by atoms with Crippen molar-refractivity contribution < 1.29 is 14.3 Å². The first-order chi connectivity index (χ1) is 12.5. The van der Waals surface area contributed by atoms with E-state index in [9.17, 15) is 9.59 Å². The zero-order valence-electron chi connectivity index (χ0n) is 15.3. The molecule has 0 spiro atoms. The molecule has 2 N–H and O–H groups in total. The highest BCUT2D eigenvalue weighted by molar-refractivity contribution is 6.10. The van der Waals surface area contributed by atoms with Gasteiger partial charge in [-0.3, -0.25) is 9.78 Å². The summed E-state index contributed by atoms with van der Waals surface area (Å²) >= 11 is 0. The Bertz CT molecular complexity index is 1000. The molecule has 2 heterocycles. The normalized spacial score (nSPS) is 10.8. The smallest absolute Gasteiger partial charge is 0.339 e. The van der Waals surface area contributed by atoms with Gasteiger partial charge in [0, 0.05) is 17.3 Å². The third kappa shape index (κ3) is 2.94. The molecule has 6 heteroatoms. The van der Waals surface area contributed by atoms with Crippen LogP contribution in [0.5, 0.6) is 0 Å². The molecule has 0 radical (unpaired) electrons. The monoisotopic (exact) mass is 351 g/mol. The average molecular weight is 351 g/mol. The fraction of sp³-hybridized carbons (Fsp3) is 0.250. The number of carbonyl (C=O) groups excluding carboxylic acids is 2. The standard InChI is InChI=1S/C20H21N3O3/c1-5-14-16(20(25)26-4)12(3)18(22-14)19(24)23-15-9-8-11(2)17-13(15)7-6-10-21-17/h6-10,22H,5H2,1-4H3,(H,23,24). The summed E-state index contributed by atoms with van der Waals surface area (Å²) in [5.74, 6) is -0.749. The molecule has 3 rings (SSSR count). The van der Waals surface area contributed by atoms with Crippen LogP contribution in [0.2, 0.25) is 0 Å². The van der Waals surface area contributed by atoms with Gasteiger partial charge in [0.1, 0.15) is 5.69 Å². The lowest BCUT2D eigenvalue weighted by Crippen LogP contribution is -2.14. The Morgan fingerprint density at radius 1 is 1.23 bits per heavy atom. The van der Waals surface area contributed by atoms with Crippen molar-refractivity contribution in [2.24, 2.45) is 0 Å². The van der Waals surface area contributed by atoms with Gasteiger partial charge in [0.05, 0.1) is 23.9 Å². The largest absolute Gasteiger partial charge is 0.465 e. The number of nitrogens with zero attached hydrogens (tertiary/aromatic N) is 1. The molecule has 2 aromatic heterocycles. The molecule has 6 nitrogen and oxygen atoms in total. The number of fused-ring (bicyclic) bond motifs is 1. The minimum Gasteiger partial charge on any atom is -0.465 e. The Labute approximate surface area is 151 Å². The van der Waals surface area contributed by atoms with Crippen molar-refractivity contribution in [3.8, 4) is 0 Å². The van der Waals surface area contributed by atoms with Crippen LogP contribution in [0.1, 0.15) is 44.6 Å². The van der Waals surface area contributed by atoms with Gasteiger partial charge in [0.15, 0.2) is 0 Å². The first-order valence-electron chi connectivity index (χ1n) is 8.43. The van der Waals surface area contributed by atoms with Gasteiger partial charge >= 0.3 is 5.97 Å². The summed E-state index contributed by atoms with van der Waals surface area (Å²) in [6.45, 7) is 5.64. The second-order valence-corrected chi connectivity index (χ2v) is 6.11. The maximum Gasteiger partial charge on any atom is 0.339 e. The Balaban J connectivity index is 2.01. The summed E-state index contributed by atoms with van der Waals surface area (Å²) in [4.78, 5) is 32.3. The van der Waals surface area contributed by atoms with Gasteiger partial charge < -0.3 is 15.0 Å². The summed E-state index contributed by atoms with van der Waals surface area (Å²) in [5, 5.41) is 3.80. The SMILES string of the molecule is CCc1[nH]c(C(=O)Nc2ccc(C)c3ncccc23)c(C)c1C(=O)OC. The lowest BCUT2D eigenvalue weighted by Gasteiger charge is -2.10. The number of amides is 1. The highest BCUT2D eigenvalue weighted by atomic mass is 16.5. The lowest BCUT2D eigenvalue weighted by molar-refractivity contribution is 0.0599. The lowest BCUT2D eigenvalue weighted by atomic mass is 10.1. The molecule has 0 atom stereocenters. The highest BCUT2D eigenvalue weighted by Crippen LogP contribution is 2.26. The first-order valence-corrected chi connectivity index (χ1v) is 8.43. The van der Waals surface area contributed by atoms with Crippen LogP contribution in [-0.4, -0.2) is 29.0 Å². The first kappa shape index (κ1) is 17.7. The van der Waals surface area contributed by atoms with Crippen LogP contribution >= 0.6 is 0 Å². The van der Waals surface area contributed by atoms with E-state index < -0.39 is 5.97 Å². The number of carbonyl (C=O) groups is 2. The van der Waals surface area contributed by atoms with Crippen LogP contribution in [0.15, 0.2) is 30.5 Å². The number of hydrogen-bond donors (Lipinski definition) is 2. The van der Waals surface area contributed by atoms with Crippen LogP contribution in [0.3, 0.4) is 0 Å². The van der Waals surface area contributed by atoms with Crippen molar-refractivity contribution in [2.75, 3.05) is 12.4 Å². The topological polar surface area (TPSA) is 84.1 Å². The number of H-pyrrole nitrogens is 1. The number of esters is 1. The van der Waals surface area contributed by atoms with Crippen LogP contribution in [0, 0.1) is 13.8 Å². The van der Waals surface area contributed by atoms with Crippen molar-refractivity contribution in [1.29, 1.82) is 0 Å². The number of ether oxygens (including phenoxy) is 1. The molecule has 0 aliphatic carbocycles. The molecule has 134 valence electrons. The zero-order chi connectivity index (χ0) is 18.8.